The standard InChI is InChI=1S/C16H35N5O2S2.HI/c1-14(2)21(15(3)4)8-6-18-16(17-5)19-7-13-25(22,23)20-9-11-24-12-10-20;/h14-15H,6-13H2,1-5H3,(H2,17,18,19);1H. The molecule has 0 aromatic heterocycles. The normalized spacial score (nSPS) is 16.8. The molecular weight excluding hydrogens is 485 g/mol. The van der Waals surface area contributed by atoms with Crippen molar-refractivity contribution in [2.45, 2.75) is 39.8 Å². The average Bonchev–Trinajstić information content (AvgIpc) is 2.57. The predicted molar refractivity (Wildman–Crippen MR) is 124 cm³/mol. The minimum Gasteiger partial charge on any atom is -0.355 e. The van der Waals surface area contributed by atoms with Crippen LogP contribution in [0.4, 0.5) is 0 Å². The van der Waals surface area contributed by atoms with Gasteiger partial charge in [-0.2, -0.15) is 11.8 Å². The second-order valence-corrected chi connectivity index (χ2v) is 9.99. The molecule has 0 bridgehead atoms. The summed E-state index contributed by atoms with van der Waals surface area (Å²) in [6.45, 7) is 12.1. The summed E-state index contributed by atoms with van der Waals surface area (Å²) in [4.78, 5) is 6.57. The van der Waals surface area contributed by atoms with E-state index in [1.54, 1.807) is 11.4 Å². The van der Waals surface area contributed by atoms with Crippen molar-refractivity contribution in [2.75, 3.05) is 57.0 Å². The van der Waals surface area contributed by atoms with E-state index >= 15 is 0 Å². The number of sulfonamides is 1. The highest BCUT2D eigenvalue weighted by Gasteiger charge is 2.23. The van der Waals surface area contributed by atoms with Gasteiger partial charge in [0.05, 0.1) is 5.75 Å². The maximum Gasteiger partial charge on any atom is 0.215 e. The molecule has 10 heteroatoms. The molecule has 1 aliphatic rings. The van der Waals surface area contributed by atoms with Crippen molar-refractivity contribution in [3.63, 3.8) is 0 Å². The fraction of sp³-hybridized carbons (Fsp3) is 0.938. The average molecular weight is 522 g/mol. The van der Waals surface area contributed by atoms with Crippen LogP contribution in [0.2, 0.25) is 0 Å². The molecule has 0 radical (unpaired) electrons. The molecule has 26 heavy (non-hydrogen) atoms. The lowest BCUT2D eigenvalue weighted by Gasteiger charge is -2.30. The quantitative estimate of drug-likeness (QED) is 0.271. The van der Waals surface area contributed by atoms with Crippen LogP contribution in [0.1, 0.15) is 27.7 Å². The maximum absolute atomic E-state index is 12.3. The van der Waals surface area contributed by atoms with Crippen LogP contribution in [-0.4, -0.2) is 92.7 Å². The Labute approximate surface area is 181 Å². The van der Waals surface area contributed by atoms with Gasteiger partial charge in [0.25, 0.3) is 0 Å². The number of rotatable bonds is 9. The van der Waals surface area contributed by atoms with Gasteiger partial charge in [-0.05, 0) is 27.7 Å². The van der Waals surface area contributed by atoms with Gasteiger partial charge in [-0.1, -0.05) is 0 Å². The zero-order valence-corrected chi connectivity index (χ0v) is 20.7. The molecule has 0 unspecified atom stereocenters. The highest BCUT2D eigenvalue weighted by Crippen LogP contribution is 2.12. The first-order valence-corrected chi connectivity index (χ1v) is 11.8. The second kappa shape index (κ2) is 13.4. The van der Waals surface area contributed by atoms with E-state index in [1.165, 1.54) is 0 Å². The van der Waals surface area contributed by atoms with Crippen LogP contribution in [-0.2, 0) is 10.0 Å². The largest absolute Gasteiger partial charge is 0.355 e. The molecular formula is C16H36IN5O2S2. The van der Waals surface area contributed by atoms with Crippen LogP contribution < -0.4 is 10.6 Å². The Balaban J connectivity index is 0.00000625. The molecule has 1 heterocycles. The van der Waals surface area contributed by atoms with Crippen molar-refractivity contribution in [3.8, 4) is 0 Å². The van der Waals surface area contributed by atoms with E-state index in [-0.39, 0.29) is 29.7 Å². The van der Waals surface area contributed by atoms with E-state index in [1.807, 2.05) is 11.8 Å². The Morgan fingerprint density at radius 2 is 1.65 bits per heavy atom. The summed E-state index contributed by atoms with van der Waals surface area (Å²) < 4.78 is 26.2. The second-order valence-electron chi connectivity index (χ2n) is 6.68. The van der Waals surface area contributed by atoms with E-state index in [0.29, 0.717) is 37.7 Å². The summed E-state index contributed by atoms with van der Waals surface area (Å²) in [5, 5.41) is 6.37. The zero-order chi connectivity index (χ0) is 18.9. The Kier molecular flexibility index (Phi) is 13.5. The molecule has 156 valence electrons. The van der Waals surface area contributed by atoms with Crippen LogP contribution in [0.5, 0.6) is 0 Å². The van der Waals surface area contributed by atoms with Crippen LogP contribution in [0, 0.1) is 0 Å². The molecule has 1 rings (SSSR count). The van der Waals surface area contributed by atoms with Gasteiger partial charge in [0.1, 0.15) is 0 Å². The first kappa shape index (κ1) is 26.2. The molecule has 1 aliphatic heterocycles. The molecule has 0 aromatic carbocycles. The van der Waals surface area contributed by atoms with Gasteiger partial charge >= 0.3 is 0 Å². The fourth-order valence-electron chi connectivity index (χ4n) is 2.89. The lowest BCUT2D eigenvalue weighted by atomic mass is 10.2. The number of hydrogen-bond acceptors (Lipinski definition) is 5. The van der Waals surface area contributed by atoms with Crippen molar-refractivity contribution in [3.05, 3.63) is 0 Å². The smallest absolute Gasteiger partial charge is 0.215 e. The molecule has 2 N–H and O–H groups in total. The first-order valence-electron chi connectivity index (χ1n) is 9.03. The predicted octanol–water partition coefficient (Wildman–Crippen LogP) is 1.27. The molecule has 0 saturated carbocycles. The minimum absolute atomic E-state index is 0. The third-order valence-corrected chi connectivity index (χ3v) is 7.04. The number of aliphatic imine (C=N–C) groups is 1. The van der Waals surface area contributed by atoms with Gasteiger partial charge < -0.3 is 10.6 Å². The van der Waals surface area contributed by atoms with Crippen LogP contribution in [0.25, 0.3) is 0 Å². The lowest BCUT2D eigenvalue weighted by Crippen LogP contribution is -2.47. The highest BCUT2D eigenvalue weighted by atomic mass is 127. The van der Waals surface area contributed by atoms with Crippen LogP contribution >= 0.6 is 35.7 Å². The van der Waals surface area contributed by atoms with Crippen molar-refractivity contribution in [1.29, 1.82) is 0 Å². The molecule has 0 aromatic rings. The number of guanidine groups is 1. The summed E-state index contributed by atoms with van der Waals surface area (Å²) in [5.41, 5.74) is 0. The van der Waals surface area contributed by atoms with Gasteiger partial charge in [0.15, 0.2) is 5.96 Å². The Morgan fingerprint density at radius 1 is 1.12 bits per heavy atom. The van der Waals surface area contributed by atoms with Crippen molar-refractivity contribution < 1.29 is 8.42 Å². The van der Waals surface area contributed by atoms with Gasteiger partial charge in [-0.25, -0.2) is 12.7 Å². The SMILES string of the molecule is CN=C(NCCN(C(C)C)C(C)C)NCCS(=O)(=O)N1CCSCC1.I. The van der Waals surface area contributed by atoms with Gasteiger partial charge in [-0.3, -0.25) is 9.89 Å². The van der Waals surface area contributed by atoms with E-state index in [9.17, 15) is 8.42 Å². The van der Waals surface area contributed by atoms with Crippen LogP contribution in [0.3, 0.4) is 0 Å². The zero-order valence-electron chi connectivity index (χ0n) is 16.7. The summed E-state index contributed by atoms with van der Waals surface area (Å²) in [5.74, 6) is 2.52. The topological polar surface area (TPSA) is 77.0 Å². The van der Waals surface area contributed by atoms with E-state index in [2.05, 4.69) is 48.2 Å². The third-order valence-electron chi connectivity index (χ3n) is 4.23. The van der Waals surface area contributed by atoms with Crippen molar-refractivity contribution >= 4 is 51.7 Å². The summed E-state index contributed by atoms with van der Waals surface area (Å²) in [6.07, 6.45) is 0. The molecule has 0 spiro atoms. The monoisotopic (exact) mass is 521 g/mol. The summed E-state index contributed by atoms with van der Waals surface area (Å²) >= 11 is 1.81. The Bertz CT molecular complexity index is 501. The number of nitrogens with one attached hydrogen (secondary N) is 2. The third kappa shape index (κ3) is 9.43. The lowest BCUT2D eigenvalue weighted by molar-refractivity contribution is 0.178. The van der Waals surface area contributed by atoms with Crippen molar-refractivity contribution in [1.82, 2.24) is 19.8 Å². The Morgan fingerprint density at radius 3 is 2.15 bits per heavy atom. The van der Waals surface area contributed by atoms with Crippen LogP contribution in [0.15, 0.2) is 4.99 Å². The summed E-state index contributed by atoms with van der Waals surface area (Å²) in [6, 6.07) is 0.981. The molecule has 0 aliphatic carbocycles. The molecule has 0 atom stereocenters. The fourth-order valence-corrected chi connectivity index (χ4v) is 5.38. The van der Waals surface area contributed by atoms with Crippen molar-refractivity contribution in [2.24, 2.45) is 4.99 Å². The highest BCUT2D eigenvalue weighted by molar-refractivity contribution is 14.0. The maximum atomic E-state index is 12.3. The molecule has 1 saturated heterocycles. The van der Waals surface area contributed by atoms with E-state index in [4.69, 9.17) is 0 Å². The van der Waals surface area contributed by atoms with Gasteiger partial charge in [0.2, 0.25) is 10.0 Å². The molecule has 7 nitrogen and oxygen atoms in total. The number of nitrogens with zero attached hydrogens (tertiary/aromatic N) is 3. The molecule has 0 amide bonds. The first-order chi connectivity index (χ1) is 11.8. The van der Waals surface area contributed by atoms with E-state index < -0.39 is 10.0 Å². The number of halogens is 1. The summed E-state index contributed by atoms with van der Waals surface area (Å²) in [7, 11) is -1.47. The van der Waals surface area contributed by atoms with Gasteiger partial charge in [0, 0.05) is 63.4 Å². The minimum atomic E-state index is -3.18. The van der Waals surface area contributed by atoms with E-state index in [0.717, 1.165) is 24.6 Å². The number of thioether (sulfide) groups is 1. The molecule has 1 fully saturated rings. The number of hydrogen-bond donors (Lipinski definition) is 2. The Hall–Kier alpha value is 0.220. The van der Waals surface area contributed by atoms with Gasteiger partial charge in [-0.15, -0.1) is 24.0 Å².